The number of ether oxygens (including phenoxy) is 1. The number of benzene rings is 1. The lowest BCUT2D eigenvalue weighted by Crippen LogP contribution is -2.13. The van der Waals surface area contributed by atoms with E-state index >= 15 is 0 Å². The zero-order valence-corrected chi connectivity index (χ0v) is 13.9. The van der Waals surface area contributed by atoms with Crippen molar-refractivity contribution < 1.29 is 9.53 Å². The summed E-state index contributed by atoms with van der Waals surface area (Å²) in [4.78, 5) is 20.2. The number of aromatic nitrogens is 2. The van der Waals surface area contributed by atoms with E-state index in [1.165, 1.54) is 18.1 Å². The number of hydrogen-bond acceptors (Lipinski definition) is 5. The predicted octanol–water partition coefficient (Wildman–Crippen LogP) is 3.57. The number of aryl methyl sites for hydroxylation is 1. The van der Waals surface area contributed by atoms with Gasteiger partial charge in [0.1, 0.15) is 12.1 Å². The summed E-state index contributed by atoms with van der Waals surface area (Å²) in [7, 11) is 1.55. The highest BCUT2D eigenvalue weighted by atomic mass is 35.5. The van der Waals surface area contributed by atoms with Crippen molar-refractivity contribution in [2.75, 3.05) is 18.2 Å². The van der Waals surface area contributed by atoms with Crippen molar-refractivity contribution in [1.82, 2.24) is 9.97 Å². The van der Waals surface area contributed by atoms with E-state index in [9.17, 15) is 4.79 Å². The van der Waals surface area contributed by atoms with E-state index in [0.717, 1.165) is 10.7 Å². The standard InChI is InChI=1S/C15H16ClN3O2S/c1-10-7-15(18-9-17-10)22-6-5-14(20)19-12-8-11(16)3-4-13(12)21-2/h3-4,7-9H,5-6H2,1-2H3,(H,19,20). The van der Waals surface area contributed by atoms with E-state index in [1.54, 1.807) is 25.3 Å². The fourth-order valence-electron chi connectivity index (χ4n) is 1.75. The quantitative estimate of drug-likeness (QED) is 0.645. The first-order valence-corrected chi connectivity index (χ1v) is 7.99. The Bertz CT molecular complexity index is 667. The summed E-state index contributed by atoms with van der Waals surface area (Å²) < 4.78 is 5.19. The van der Waals surface area contributed by atoms with Crippen LogP contribution in [0.1, 0.15) is 12.1 Å². The van der Waals surface area contributed by atoms with Gasteiger partial charge in [-0.3, -0.25) is 4.79 Å². The third-order valence-electron chi connectivity index (χ3n) is 2.79. The number of methoxy groups -OCH3 is 1. The minimum atomic E-state index is -0.0983. The number of halogens is 1. The Hall–Kier alpha value is -1.79. The van der Waals surface area contributed by atoms with Crippen LogP contribution >= 0.6 is 23.4 Å². The van der Waals surface area contributed by atoms with Gasteiger partial charge in [-0.25, -0.2) is 9.97 Å². The van der Waals surface area contributed by atoms with Crippen molar-refractivity contribution in [3.8, 4) is 5.75 Å². The van der Waals surface area contributed by atoms with Crippen LogP contribution in [0.3, 0.4) is 0 Å². The number of anilines is 1. The SMILES string of the molecule is COc1ccc(Cl)cc1NC(=O)CCSc1cc(C)ncn1. The molecule has 1 N–H and O–H groups in total. The lowest BCUT2D eigenvalue weighted by atomic mass is 10.3. The van der Waals surface area contributed by atoms with Gasteiger partial charge in [-0.2, -0.15) is 0 Å². The molecule has 1 amide bonds. The van der Waals surface area contributed by atoms with E-state index in [4.69, 9.17) is 16.3 Å². The molecule has 0 radical (unpaired) electrons. The summed E-state index contributed by atoms with van der Waals surface area (Å²) >= 11 is 7.45. The van der Waals surface area contributed by atoms with Gasteiger partial charge in [-0.15, -0.1) is 11.8 Å². The summed E-state index contributed by atoms with van der Waals surface area (Å²) in [6.07, 6.45) is 1.89. The molecule has 2 aromatic rings. The van der Waals surface area contributed by atoms with Crippen LogP contribution in [0.5, 0.6) is 5.75 Å². The molecule has 116 valence electrons. The molecule has 0 unspecified atom stereocenters. The molecule has 1 heterocycles. The Morgan fingerprint density at radius 1 is 1.36 bits per heavy atom. The first-order valence-electron chi connectivity index (χ1n) is 6.63. The molecule has 0 spiro atoms. The van der Waals surface area contributed by atoms with Crippen LogP contribution < -0.4 is 10.1 Å². The van der Waals surface area contributed by atoms with E-state index in [0.29, 0.717) is 28.6 Å². The molecule has 0 aliphatic carbocycles. The maximum Gasteiger partial charge on any atom is 0.225 e. The Kier molecular flexibility index (Phi) is 6.03. The van der Waals surface area contributed by atoms with Crippen LogP contribution in [-0.2, 0) is 4.79 Å². The lowest BCUT2D eigenvalue weighted by molar-refractivity contribution is -0.115. The largest absolute Gasteiger partial charge is 0.495 e. The molecule has 0 fully saturated rings. The second kappa shape index (κ2) is 8.00. The van der Waals surface area contributed by atoms with E-state index in [2.05, 4.69) is 15.3 Å². The Balaban J connectivity index is 1.87. The summed E-state index contributed by atoms with van der Waals surface area (Å²) in [5, 5.41) is 4.21. The molecular formula is C15H16ClN3O2S. The first-order chi connectivity index (χ1) is 10.6. The van der Waals surface area contributed by atoms with E-state index in [-0.39, 0.29) is 5.91 Å². The molecule has 0 bridgehead atoms. The average molecular weight is 338 g/mol. The molecule has 0 saturated carbocycles. The van der Waals surface area contributed by atoms with Gasteiger partial charge in [0.25, 0.3) is 0 Å². The van der Waals surface area contributed by atoms with Gasteiger partial charge < -0.3 is 10.1 Å². The number of hydrogen-bond donors (Lipinski definition) is 1. The predicted molar refractivity (Wildman–Crippen MR) is 88.7 cm³/mol. The van der Waals surface area contributed by atoms with Crippen LogP contribution in [0.2, 0.25) is 5.02 Å². The van der Waals surface area contributed by atoms with Gasteiger partial charge in [-0.1, -0.05) is 11.6 Å². The molecule has 22 heavy (non-hydrogen) atoms. The summed E-state index contributed by atoms with van der Waals surface area (Å²) in [5.74, 6) is 1.11. The van der Waals surface area contributed by atoms with Crippen LogP contribution in [0.15, 0.2) is 35.6 Å². The third-order valence-corrected chi connectivity index (χ3v) is 3.96. The highest BCUT2D eigenvalue weighted by molar-refractivity contribution is 7.99. The number of rotatable bonds is 6. The van der Waals surface area contributed by atoms with Crippen molar-refractivity contribution in [2.45, 2.75) is 18.4 Å². The van der Waals surface area contributed by atoms with Crippen molar-refractivity contribution >= 4 is 35.0 Å². The van der Waals surface area contributed by atoms with Crippen molar-refractivity contribution in [3.05, 3.63) is 41.3 Å². The number of amides is 1. The first kappa shape index (κ1) is 16.6. The summed E-state index contributed by atoms with van der Waals surface area (Å²) in [5.41, 5.74) is 1.48. The fourth-order valence-corrected chi connectivity index (χ4v) is 2.79. The van der Waals surface area contributed by atoms with E-state index < -0.39 is 0 Å². The molecule has 0 saturated heterocycles. The van der Waals surface area contributed by atoms with Crippen LogP contribution in [0.25, 0.3) is 0 Å². The van der Waals surface area contributed by atoms with Crippen molar-refractivity contribution in [3.63, 3.8) is 0 Å². The van der Waals surface area contributed by atoms with Gasteiger partial charge in [0.05, 0.1) is 17.8 Å². The van der Waals surface area contributed by atoms with Gasteiger partial charge in [0, 0.05) is 22.9 Å². The third kappa shape index (κ3) is 4.89. The Morgan fingerprint density at radius 3 is 2.91 bits per heavy atom. The van der Waals surface area contributed by atoms with Crippen LogP contribution in [0.4, 0.5) is 5.69 Å². The molecule has 0 aliphatic heterocycles. The normalized spacial score (nSPS) is 10.3. The topological polar surface area (TPSA) is 64.1 Å². The zero-order valence-electron chi connectivity index (χ0n) is 12.3. The maximum atomic E-state index is 12.0. The lowest BCUT2D eigenvalue weighted by Gasteiger charge is -2.10. The molecule has 1 aromatic heterocycles. The fraction of sp³-hybridized carbons (Fsp3) is 0.267. The van der Waals surface area contributed by atoms with Gasteiger partial charge in [0.15, 0.2) is 0 Å². The minimum Gasteiger partial charge on any atom is -0.495 e. The highest BCUT2D eigenvalue weighted by Crippen LogP contribution is 2.28. The van der Waals surface area contributed by atoms with Crippen molar-refractivity contribution in [2.24, 2.45) is 0 Å². The molecule has 1 aromatic carbocycles. The summed E-state index contributed by atoms with van der Waals surface area (Å²) in [6.45, 7) is 1.91. The van der Waals surface area contributed by atoms with E-state index in [1.807, 2.05) is 13.0 Å². The van der Waals surface area contributed by atoms with Gasteiger partial charge >= 0.3 is 0 Å². The summed E-state index contributed by atoms with van der Waals surface area (Å²) in [6, 6.07) is 6.99. The van der Waals surface area contributed by atoms with Gasteiger partial charge in [-0.05, 0) is 31.2 Å². The minimum absolute atomic E-state index is 0.0983. The number of nitrogens with zero attached hydrogens (tertiary/aromatic N) is 2. The molecule has 7 heteroatoms. The van der Waals surface area contributed by atoms with Gasteiger partial charge in [0.2, 0.25) is 5.91 Å². The number of carbonyl (C=O) groups is 1. The Morgan fingerprint density at radius 2 is 2.18 bits per heavy atom. The average Bonchev–Trinajstić information content (AvgIpc) is 2.47. The number of carbonyl (C=O) groups excluding carboxylic acids is 1. The zero-order chi connectivity index (χ0) is 15.9. The maximum absolute atomic E-state index is 12.0. The smallest absolute Gasteiger partial charge is 0.225 e. The molecule has 2 rings (SSSR count). The molecule has 0 atom stereocenters. The van der Waals surface area contributed by atoms with Crippen molar-refractivity contribution in [1.29, 1.82) is 0 Å². The van der Waals surface area contributed by atoms with Crippen LogP contribution in [-0.4, -0.2) is 28.7 Å². The molecule has 5 nitrogen and oxygen atoms in total. The highest BCUT2D eigenvalue weighted by Gasteiger charge is 2.08. The molecular weight excluding hydrogens is 322 g/mol. The second-order valence-electron chi connectivity index (χ2n) is 4.49. The second-order valence-corrected chi connectivity index (χ2v) is 6.04. The molecule has 0 aliphatic rings. The van der Waals surface area contributed by atoms with Crippen LogP contribution in [0, 0.1) is 6.92 Å². The number of nitrogens with one attached hydrogen (secondary N) is 1. The number of thioether (sulfide) groups is 1. The monoisotopic (exact) mass is 337 g/mol. The Labute approximate surface area is 138 Å².